The average molecular weight is 311 g/mol. The van der Waals surface area contributed by atoms with E-state index in [1.54, 1.807) is 6.07 Å². The quantitative estimate of drug-likeness (QED) is 0.885. The number of aromatic carboxylic acids is 1. The first-order valence-electron chi connectivity index (χ1n) is 5.88. The van der Waals surface area contributed by atoms with E-state index in [1.165, 1.54) is 12.3 Å². The van der Waals surface area contributed by atoms with Crippen molar-refractivity contribution in [2.24, 2.45) is 0 Å². The number of hydrogen-bond donors (Lipinski definition) is 2. The molecule has 0 fully saturated rings. The van der Waals surface area contributed by atoms with E-state index in [0.717, 1.165) is 5.56 Å². The summed E-state index contributed by atoms with van der Waals surface area (Å²) in [6.07, 6.45) is 1.32. The van der Waals surface area contributed by atoms with Crippen LogP contribution in [-0.2, 0) is 0 Å². The zero-order valence-corrected chi connectivity index (χ0v) is 12.1. The van der Waals surface area contributed by atoms with Crippen LogP contribution < -0.4 is 5.32 Å². The Balaban J connectivity index is 2.22. The van der Waals surface area contributed by atoms with Crippen molar-refractivity contribution in [1.29, 1.82) is 0 Å². The van der Waals surface area contributed by atoms with Gasteiger partial charge in [-0.25, -0.2) is 9.78 Å². The predicted molar refractivity (Wildman–Crippen MR) is 79.7 cm³/mol. The fourth-order valence-corrected chi connectivity index (χ4v) is 2.15. The third-order valence-corrected chi connectivity index (χ3v) is 3.34. The van der Waals surface area contributed by atoms with Crippen molar-refractivity contribution in [3.05, 3.63) is 57.7 Å². The van der Waals surface area contributed by atoms with E-state index >= 15 is 0 Å². The van der Waals surface area contributed by atoms with Crippen LogP contribution in [0.1, 0.15) is 28.9 Å². The van der Waals surface area contributed by atoms with Gasteiger partial charge in [0, 0.05) is 17.3 Å². The number of carboxylic acid groups (broad SMARTS) is 1. The minimum Gasteiger partial charge on any atom is -0.478 e. The SMILES string of the molecule is CC(Nc1cc(C(=O)O)c(Cl)cn1)c1cccc(Cl)c1. The van der Waals surface area contributed by atoms with Crippen LogP contribution >= 0.6 is 23.2 Å². The topological polar surface area (TPSA) is 62.2 Å². The number of aromatic nitrogens is 1. The van der Waals surface area contributed by atoms with Gasteiger partial charge >= 0.3 is 5.97 Å². The van der Waals surface area contributed by atoms with Crippen molar-refractivity contribution in [2.75, 3.05) is 5.32 Å². The zero-order chi connectivity index (χ0) is 14.7. The molecular weight excluding hydrogens is 299 g/mol. The predicted octanol–water partition coefficient (Wildman–Crippen LogP) is 4.26. The lowest BCUT2D eigenvalue weighted by Crippen LogP contribution is -2.09. The highest BCUT2D eigenvalue weighted by Gasteiger charge is 2.12. The lowest BCUT2D eigenvalue weighted by Gasteiger charge is -2.15. The van der Waals surface area contributed by atoms with Gasteiger partial charge < -0.3 is 10.4 Å². The van der Waals surface area contributed by atoms with Gasteiger partial charge in [-0.3, -0.25) is 0 Å². The minimum absolute atomic E-state index is 0.0162. The molecule has 0 saturated carbocycles. The molecule has 1 unspecified atom stereocenters. The van der Waals surface area contributed by atoms with Crippen LogP contribution in [0.25, 0.3) is 0 Å². The molecule has 2 rings (SSSR count). The van der Waals surface area contributed by atoms with Gasteiger partial charge in [0.1, 0.15) is 5.82 Å². The van der Waals surface area contributed by atoms with Crippen LogP contribution in [0, 0.1) is 0 Å². The number of anilines is 1. The molecule has 2 aromatic rings. The number of carbonyl (C=O) groups is 1. The summed E-state index contributed by atoms with van der Waals surface area (Å²) in [5.74, 6) is -0.643. The molecule has 0 aliphatic carbocycles. The maximum Gasteiger partial charge on any atom is 0.337 e. The molecule has 0 saturated heterocycles. The van der Waals surface area contributed by atoms with Crippen LogP contribution in [0.2, 0.25) is 10.0 Å². The first kappa shape index (κ1) is 14.6. The fraction of sp³-hybridized carbons (Fsp3) is 0.143. The summed E-state index contributed by atoms with van der Waals surface area (Å²) >= 11 is 11.7. The summed E-state index contributed by atoms with van der Waals surface area (Å²) in [5, 5.41) is 12.9. The summed E-state index contributed by atoms with van der Waals surface area (Å²) in [7, 11) is 0. The molecule has 0 aliphatic heterocycles. The Morgan fingerprint density at radius 2 is 2.10 bits per heavy atom. The fourth-order valence-electron chi connectivity index (χ4n) is 1.76. The highest BCUT2D eigenvalue weighted by Crippen LogP contribution is 2.23. The number of halogens is 2. The molecule has 6 heteroatoms. The largest absolute Gasteiger partial charge is 0.478 e. The van der Waals surface area contributed by atoms with Gasteiger partial charge in [-0.1, -0.05) is 35.3 Å². The number of rotatable bonds is 4. The summed E-state index contributed by atoms with van der Waals surface area (Å²) in [4.78, 5) is 15.1. The van der Waals surface area contributed by atoms with Gasteiger partial charge in [-0.05, 0) is 30.7 Å². The van der Waals surface area contributed by atoms with E-state index in [0.29, 0.717) is 10.8 Å². The molecule has 104 valence electrons. The van der Waals surface area contributed by atoms with E-state index in [1.807, 2.05) is 25.1 Å². The maximum absolute atomic E-state index is 11.0. The maximum atomic E-state index is 11.0. The van der Waals surface area contributed by atoms with E-state index in [2.05, 4.69) is 10.3 Å². The zero-order valence-electron chi connectivity index (χ0n) is 10.6. The van der Waals surface area contributed by atoms with Crippen molar-refractivity contribution in [1.82, 2.24) is 4.98 Å². The van der Waals surface area contributed by atoms with E-state index in [-0.39, 0.29) is 16.6 Å². The van der Waals surface area contributed by atoms with Gasteiger partial charge in [0.05, 0.1) is 10.6 Å². The Morgan fingerprint density at radius 3 is 2.75 bits per heavy atom. The molecule has 0 spiro atoms. The van der Waals surface area contributed by atoms with Crippen LogP contribution in [0.15, 0.2) is 36.5 Å². The van der Waals surface area contributed by atoms with Crippen LogP contribution in [0.5, 0.6) is 0 Å². The van der Waals surface area contributed by atoms with Gasteiger partial charge in [0.2, 0.25) is 0 Å². The Labute approximate surface area is 126 Å². The van der Waals surface area contributed by atoms with Gasteiger partial charge in [-0.15, -0.1) is 0 Å². The summed E-state index contributed by atoms with van der Waals surface area (Å²) in [6.45, 7) is 1.93. The molecule has 1 atom stereocenters. The number of benzene rings is 1. The lowest BCUT2D eigenvalue weighted by atomic mass is 10.1. The second-order valence-corrected chi connectivity index (χ2v) is 5.12. The molecule has 20 heavy (non-hydrogen) atoms. The Kier molecular flexibility index (Phi) is 4.47. The second-order valence-electron chi connectivity index (χ2n) is 4.28. The summed E-state index contributed by atoms with van der Waals surface area (Å²) < 4.78 is 0. The Morgan fingerprint density at radius 1 is 1.35 bits per heavy atom. The van der Waals surface area contributed by atoms with Crippen LogP contribution in [0.3, 0.4) is 0 Å². The standard InChI is InChI=1S/C14H12Cl2N2O2/c1-8(9-3-2-4-10(15)5-9)18-13-6-11(14(19)20)12(16)7-17-13/h2-8H,1H3,(H,17,18)(H,19,20). The molecule has 0 radical (unpaired) electrons. The Bertz CT molecular complexity index is 647. The molecule has 0 aliphatic rings. The Hall–Kier alpha value is -1.78. The first-order chi connectivity index (χ1) is 9.47. The first-order valence-corrected chi connectivity index (χ1v) is 6.64. The number of hydrogen-bond acceptors (Lipinski definition) is 3. The van der Waals surface area contributed by atoms with Crippen molar-refractivity contribution >= 4 is 35.0 Å². The van der Waals surface area contributed by atoms with Gasteiger partial charge in [0.15, 0.2) is 0 Å². The molecule has 4 nitrogen and oxygen atoms in total. The molecule has 1 heterocycles. The lowest BCUT2D eigenvalue weighted by molar-refractivity contribution is 0.0697. The normalized spacial score (nSPS) is 11.9. The smallest absolute Gasteiger partial charge is 0.337 e. The van der Waals surface area contributed by atoms with Gasteiger partial charge in [-0.2, -0.15) is 0 Å². The third kappa shape index (κ3) is 3.40. The molecule has 0 amide bonds. The number of carboxylic acids is 1. The molecule has 0 bridgehead atoms. The summed E-state index contributed by atoms with van der Waals surface area (Å²) in [6, 6.07) is 8.76. The number of nitrogens with one attached hydrogen (secondary N) is 1. The van der Waals surface area contributed by atoms with Crippen molar-refractivity contribution in [2.45, 2.75) is 13.0 Å². The van der Waals surface area contributed by atoms with E-state index < -0.39 is 5.97 Å². The van der Waals surface area contributed by atoms with Crippen molar-refractivity contribution < 1.29 is 9.90 Å². The van der Waals surface area contributed by atoms with Gasteiger partial charge in [0.25, 0.3) is 0 Å². The number of nitrogens with zero attached hydrogens (tertiary/aromatic N) is 1. The monoisotopic (exact) mass is 310 g/mol. The molecule has 2 N–H and O–H groups in total. The highest BCUT2D eigenvalue weighted by molar-refractivity contribution is 6.33. The molecular formula is C14H12Cl2N2O2. The molecule has 1 aromatic heterocycles. The second kappa shape index (κ2) is 6.11. The van der Waals surface area contributed by atoms with E-state index in [4.69, 9.17) is 28.3 Å². The van der Waals surface area contributed by atoms with Crippen molar-refractivity contribution in [3.63, 3.8) is 0 Å². The average Bonchev–Trinajstić information content (AvgIpc) is 2.40. The minimum atomic E-state index is -1.09. The third-order valence-electron chi connectivity index (χ3n) is 2.80. The van der Waals surface area contributed by atoms with Crippen LogP contribution in [-0.4, -0.2) is 16.1 Å². The van der Waals surface area contributed by atoms with Crippen molar-refractivity contribution in [3.8, 4) is 0 Å². The highest BCUT2D eigenvalue weighted by atomic mass is 35.5. The number of pyridine rings is 1. The molecule has 1 aromatic carbocycles. The van der Waals surface area contributed by atoms with E-state index in [9.17, 15) is 4.79 Å². The summed E-state index contributed by atoms with van der Waals surface area (Å²) in [5.41, 5.74) is 0.994. The van der Waals surface area contributed by atoms with Crippen LogP contribution in [0.4, 0.5) is 5.82 Å².